The van der Waals surface area contributed by atoms with E-state index in [-0.39, 0.29) is 0 Å². The number of unbranched alkanes of at least 4 members (excludes halogenated alkanes) is 1. The van der Waals surface area contributed by atoms with Gasteiger partial charge < -0.3 is 4.90 Å². The quantitative estimate of drug-likeness (QED) is 0.451. The van der Waals surface area contributed by atoms with Gasteiger partial charge in [0.1, 0.15) is 6.54 Å². The lowest BCUT2D eigenvalue weighted by atomic mass is 10.1. The topological polar surface area (TPSA) is 7.12 Å². The number of allylic oxidation sites excluding steroid dienone is 1. The molecule has 1 aromatic carbocycles. The van der Waals surface area contributed by atoms with Crippen LogP contribution in [0.15, 0.2) is 43.1 Å². The highest BCUT2D eigenvalue weighted by molar-refractivity contribution is 5.89. The number of hydrogen-bond donors (Lipinski definition) is 0. The van der Waals surface area contributed by atoms with Gasteiger partial charge in [0.2, 0.25) is 5.52 Å². The molecule has 1 heterocycles. The zero-order valence-electron chi connectivity index (χ0n) is 12.2. The molecule has 2 nitrogen and oxygen atoms in total. The fraction of sp³-hybridized carbons (Fsp3) is 0.353. The minimum absolute atomic E-state index is 1.04. The normalized spacial score (nSPS) is 10.7. The van der Waals surface area contributed by atoms with Crippen molar-refractivity contribution in [3.63, 3.8) is 0 Å². The first-order valence-corrected chi connectivity index (χ1v) is 6.84. The van der Waals surface area contributed by atoms with Crippen LogP contribution in [0.3, 0.4) is 0 Å². The molecule has 0 aliphatic carbocycles. The number of nitrogens with zero attached hydrogens (tertiary/aromatic N) is 2. The maximum absolute atomic E-state index is 3.79. The maximum atomic E-state index is 3.79. The monoisotopic (exact) mass is 255 g/mol. The van der Waals surface area contributed by atoms with Crippen molar-refractivity contribution in [2.45, 2.75) is 26.3 Å². The first-order valence-electron chi connectivity index (χ1n) is 6.84. The average Bonchev–Trinajstić information content (AvgIpc) is 2.38. The van der Waals surface area contributed by atoms with E-state index in [1.807, 2.05) is 6.08 Å². The van der Waals surface area contributed by atoms with Gasteiger partial charge in [0.25, 0.3) is 0 Å². The number of fused-ring (bicyclic) bond motifs is 1. The Labute approximate surface area is 116 Å². The molecular weight excluding hydrogens is 232 g/mol. The van der Waals surface area contributed by atoms with Crippen molar-refractivity contribution in [3.05, 3.63) is 48.7 Å². The van der Waals surface area contributed by atoms with E-state index in [1.165, 1.54) is 22.2 Å². The van der Waals surface area contributed by atoms with Gasteiger partial charge in [-0.05, 0) is 25.0 Å². The van der Waals surface area contributed by atoms with Crippen LogP contribution in [0.2, 0.25) is 0 Å². The number of aromatic nitrogens is 1. The Morgan fingerprint density at radius 3 is 2.74 bits per heavy atom. The highest BCUT2D eigenvalue weighted by Crippen LogP contribution is 2.23. The summed E-state index contributed by atoms with van der Waals surface area (Å²) < 4.78 is 2.35. The lowest BCUT2D eigenvalue weighted by Gasteiger charge is -2.14. The van der Waals surface area contributed by atoms with Crippen LogP contribution in [0.5, 0.6) is 0 Å². The summed E-state index contributed by atoms with van der Waals surface area (Å²) >= 11 is 0. The maximum Gasteiger partial charge on any atom is 0.214 e. The Morgan fingerprint density at radius 2 is 2.05 bits per heavy atom. The molecule has 2 heteroatoms. The molecule has 0 aliphatic rings. The summed E-state index contributed by atoms with van der Waals surface area (Å²) in [5.74, 6) is 0. The lowest BCUT2D eigenvalue weighted by molar-refractivity contribution is -0.671. The van der Waals surface area contributed by atoms with Crippen LogP contribution in [0, 0.1) is 6.92 Å². The zero-order chi connectivity index (χ0) is 13.8. The summed E-state index contributed by atoms with van der Waals surface area (Å²) in [6.45, 7) is 6.98. The second kappa shape index (κ2) is 5.87. The van der Waals surface area contributed by atoms with E-state index in [2.05, 4.69) is 67.5 Å². The Hall–Kier alpha value is -1.83. The number of pyridine rings is 1. The lowest BCUT2D eigenvalue weighted by Crippen LogP contribution is -2.34. The molecule has 100 valence electrons. The Balaban J connectivity index is 2.50. The number of hydrogen-bond acceptors (Lipinski definition) is 1. The van der Waals surface area contributed by atoms with Crippen LogP contribution in [0.4, 0.5) is 5.69 Å². The van der Waals surface area contributed by atoms with Gasteiger partial charge in [0, 0.05) is 32.6 Å². The fourth-order valence-corrected chi connectivity index (χ4v) is 2.42. The van der Waals surface area contributed by atoms with E-state index in [1.54, 1.807) is 0 Å². The third-order valence-electron chi connectivity index (χ3n) is 3.44. The van der Waals surface area contributed by atoms with Gasteiger partial charge in [-0.15, -0.1) is 6.58 Å². The molecule has 0 bridgehead atoms. The Morgan fingerprint density at radius 1 is 1.26 bits per heavy atom. The van der Waals surface area contributed by atoms with Crippen molar-refractivity contribution >= 4 is 16.6 Å². The van der Waals surface area contributed by atoms with E-state index in [4.69, 9.17) is 0 Å². The highest BCUT2D eigenvalue weighted by Gasteiger charge is 2.13. The van der Waals surface area contributed by atoms with Gasteiger partial charge >= 0.3 is 0 Å². The molecule has 0 radical (unpaired) electrons. The van der Waals surface area contributed by atoms with Crippen molar-refractivity contribution in [2.24, 2.45) is 0 Å². The molecule has 0 saturated carbocycles. The molecule has 2 aromatic rings. The standard InChI is InChI=1S/C17H23N2/c1-5-6-7-11-19-12-10-16(18(3)4)15-9-8-14(2)13-17(15)19/h5,8-10,12-13H,1,6-7,11H2,2-4H3/q+1. The fourth-order valence-electron chi connectivity index (χ4n) is 2.42. The summed E-state index contributed by atoms with van der Waals surface area (Å²) in [5, 5.41) is 1.32. The number of anilines is 1. The second-order valence-corrected chi connectivity index (χ2v) is 5.24. The largest absolute Gasteiger partial charge is 0.377 e. The molecule has 19 heavy (non-hydrogen) atoms. The van der Waals surface area contributed by atoms with Gasteiger partial charge in [-0.3, -0.25) is 0 Å². The SMILES string of the molecule is C=CCCC[n+]1ccc(N(C)C)c2ccc(C)cc21. The first kappa shape index (κ1) is 13.6. The predicted octanol–water partition coefficient (Wildman–Crippen LogP) is 3.47. The van der Waals surface area contributed by atoms with Crippen LogP contribution in [0.25, 0.3) is 10.9 Å². The smallest absolute Gasteiger partial charge is 0.214 e. The van der Waals surface area contributed by atoms with Gasteiger partial charge in [-0.2, -0.15) is 4.57 Å². The third-order valence-corrected chi connectivity index (χ3v) is 3.44. The van der Waals surface area contributed by atoms with Crippen LogP contribution in [-0.4, -0.2) is 14.1 Å². The molecule has 2 rings (SSSR count). The molecule has 1 aromatic heterocycles. The third kappa shape index (κ3) is 2.95. The van der Waals surface area contributed by atoms with Gasteiger partial charge in [0.05, 0.1) is 11.1 Å². The summed E-state index contributed by atoms with van der Waals surface area (Å²) in [7, 11) is 4.19. The Kier molecular flexibility index (Phi) is 4.20. The first-order chi connectivity index (χ1) is 9.13. The number of benzene rings is 1. The molecule has 0 unspecified atom stereocenters. The van der Waals surface area contributed by atoms with Crippen LogP contribution in [0.1, 0.15) is 18.4 Å². The van der Waals surface area contributed by atoms with E-state index in [9.17, 15) is 0 Å². The molecule has 0 atom stereocenters. The van der Waals surface area contributed by atoms with Crippen molar-refractivity contribution in [1.29, 1.82) is 0 Å². The molecular formula is C17H23N2+. The summed E-state index contributed by atoms with van der Waals surface area (Å²) in [6, 6.07) is 8.88. The Bertz CT molecular complexity index is 585. The second-order valence-electron chi connectivity index (χ2n) is 5.24. The van der Waals surface area contributed by atoms with E-state index < -0.39 is 0 Å². The highest BCUT2D eigenvalue weighted by atomic mass is 15.1. The van der Waals surface area contributed by atoms with Crippen LogP contribution in [-0.2, 0) is 6.54 Å². The van der Waals surface area contributed by atoms with E-state index >= 15 is 0 Å². The average molecular weight is 255 g/mol. The predicted molar refractivity (Wildman–Crippen MR) is 82.6 cm³/mol. The summed E-state index contributed by atoms with van der Waals surface area (Å²) in [4.78, 5) is 2.17. The molecule has 0 saturated heterocycles. The van der Waals surface area contributed by atoms with E-state index in [0.717, 1.165) is 19.4 Å². The van der Waals surface area contributed by atoms with Crippen LogP contribution >= 0.6 is 0 Å². The molecule has 0 aliphatic heterocycles. The van der Waals surface area contributed by atoms with Gasteiger partial charge in [0.15, 0.2) is 6.20 Å². The minimum atomic E-state index is 1.04. The van der Waals surface area contributed by atoms with Gasteiger partial charge in [-0.25, -0.2) is 0 Å². The number of aryl methyl sites for hydroxylation is 2. The number of rotatable bonds is 5. The molecule has 0 fully saturated rings. The van der Waals surface area contributed by atoms with Crippen molar-refractivity contribution < 1.29 is 4.57 Å². The summed E-state index contributed by atoms with van der Waals surface area (Å²) in [6.07, 6.45) is 6.39. The zero-order valence-corrected chi connectivity index (χ0v) is 12.2. The van der Waals surface area contributed by atoms with Crippen LogP contribution < -0.4 is 9.47 Å². The molecule has 0 spiro atoms. The summed E-state index contributed by atoms with van der Waals surface area (Å²) in [5.41, 5.74) is 3.89. The molecule has 0 amide bonds. The van der Waals surface area contributed by atoms with E-state index in [0.29, 0.717) is 0 Å². The van der Waals surface area contributed by atoms with Crippen molar-refractivity contribution in [1.82, 2.24) is 0 Å². The molecule has 0 N–H and O–H groups in total. The van der Waals surface area contributed by atoms with Crippen molar-refractivity contribution in [2.75, 3.05) is 19.0 Å². The minimum Gasteiger partial charge on any atom is -0.377 e. The van der Waals surface area contributed by atoms with Gasteiger partial charge in [-0.1, -0.05) is 12.1 Å². The van der Waals surface area contributed by atoms with Crippen molar-refractivity contribution in [3.8, 4) is 0 Å².